The molecule has 0 fully saturated rings. The molecular formula is C26H15Cl2N5O8. The Kier molecular flexibility index (Phi) is 6.52. The number of esters is 4. The average molecular weight is 596 g/mol. The van der Waals surface area contributed by atoms with E-state index in [4.69, 9.17) is 47.2 Å². The summed E-state index contributed by atoms with van der Waals surface area (Å²) in [6.07, 6.45) is 6.72. The van der Waals surface area contributed by atoms with Crippen molar-refractivity contribution < 1.29 is 38.1 Å². The SMILES string of the molecule is Cc1nccn1CCn1nc2c3c4nc(c(c31)OC(=O)C=CC(=O)Oc1c-2ccc(Cl)c1Cl)OC(=O)/C=C\C(=O)O4. The minimum atomic E-state index is -1.03. The van der Waals surface area contributed by atoms with Gasteiger partial charge in [0.1, 0.15) is 22.1 Å². The van der Waals surface area contributed by atoms with Gasteiger partial charge in [0.15, 0.2) is 5.75 Å². The van der Waals surface area contributed by atoms with Gasteiger partial charge in [-0.05, 0) is 19.1 Å². The Morgan fingerprint density at radius 3 is 2.10 bits per heavy atom. The zero-order valence-electron chi connectivity index (χ0n) is 20.8. The molecule has 0 atom stereocenters. The van der Waals surface area contributed by atoms with Crippen molar-refractivity contribution in [1.82, 2.24) is 24.3 Å². The predicted octanol–water partition coefficient (Wildman–Crippen LogP) is 3.37. The number of imidazole rings is 1. The lowest BCUT2D eigenvalue weighted by atomic mass is 10.1. The number of carbonyl (C=O) groups excluding carboxylic acids is 4. The largest absolute Gasteiger partial charge is 0.421 e. The van der Waals surface area contributed by atoms with Crippen LogP contribution in [0.1, 0.15) is 5.82 Å². The van der Waals surface area contributed by atoms with Crippen LogP contribution < -0.4 is 18.9 Å². The topological polar surface area (TPSA) is 154 Å². The molecule has 15 heteroatoms. The Hall–Kier alpha value is -5.01. The average Bonchev–Trinajstić information content (AvgIpc) is 3.53. The minimum absolute atomic E-state index is 0.0684. The number of halogens is 2. The maximum atomic E-state index is 12.8. The summed E-state index contributed by atoms with van der Waals surface area (Å²) in [7, 11) is 0. The second-order valence-corrected chi connectivity index (χ2v) is 9.39. The van der Waals surface area contributed by atoms with E-state index >= 15 is 0 Å². The number of nitrogens with zero attached hydrogens (tertiary/aromatic N) is 5. The third-order valence-electron chi connectivity index (χ3n) is 6.07. The van der Waals surface area contributed by atoms with Crippen LogP contribution in [0.15, 0.2) is 48.8 Å². The van der Waals surface area contributed by atoms with Crippen LogP contribution in [0.4, 0.5) is 0 Å². The molecule has 0 spiro atoms. The van der Waals surface area contributed by atoms with E-state index in [0.29, 0.717) is 6.54 Å². The number of hydrogen-bond donors (Lipinski definition) is 0. The van der Waals surface area contributed by atoms with Crippen molar-refractivity contribution in [2.75, 3.05) is 0 Å². The Labute approximate surface area is 239 Å². The van der Waals surface area contributed by atoms with Gasteiger partial charge in [-0.25, -0.2) is 24.2 Å². The highest BCUT2D eigenvalue weighted by molar-refractivity contribution is 6.43. The quantitative estimate of drug-likeness (QED) is 0.253. The van der Waals surface area contributed by atoms with Crippen LogP contribution in [0, 0.1) is 6.92 Å². The van der Waals surface area contributed by atoms with E-state index in [9.17, 15) is 19.2 Å². The molecule has 0 radical (unpaired) electrons. The second kappa shape index (κ2) is 10.2. The van der Waals surface area contributed by atoms with E-state index in [1.54, 1.807) is 12.4 Å². The lowest BCUT2D eigenvalue weighted by molar-refractivity contribution is -0.132. The van der Waals surface area contributed by atoms with Crippen LogP contribution in [0.2, 0.25) is 10.0 Å². The molecule has 3 aromatic heterocycles. The maximum absolute atomic E-state index is 12.8. The van der Waals surface area contributed by atoms with Crippen LogP contribution in [0.3, 0.4) is 0 Å². The molecule has 206 valence electrons. The maximum Gasteiger partial charge on any atom is 0.337 e. The molecule has 0 amide bonds. The third kappa shape index (κ3) is 4.81. The van der Waals surface area contributed by atoms with Gasteiger partial charge in [-0.15, -0.1) is 0 Å². The van der Waals surface area contributed by atoms with Crippen molar-refractivity contribution in [1.29, 1.82) is 0 Å². The van der Waals surface area contributed by atoms with Gasteiger partial charge in [0.25, 0.3) is 5.88 Å². The number of rotatable bonds is 3. The van der Waals surface area contributed by atoms with Gasteiger partial charge >= 0.3 is 23.9 Å². The van der Waals surface area contributed by atoms with Crippen molar-refractivity contribution in [3.8, 4) is 34.5 Å². The molecule has 6 rings (SSSR count). The number of hydrogen-bond acceptors (Lipinski definition) is 11. The van der Waals surface area contributed by atoms with Gasteiger partial charge in [-0.2, -0.15) is 10.1 Å². The van der Waals surface area contributed by atoms with Crippen molar-refractivity contribution in [2.24, 2.45) is 0 Å². The van der Waals surface area contributed by atoms with Gasteiger partial charge in [0, 0.05) is 48.8 Å². The smallest absolute Gasteiger partial charge is 0.337 e. The summed E-state index contributed by atoms with van der Waals surface area (Å²) in [6, 6.07) is 2.96. The Morgan fingerprint density at radius 1 is 0.805 bits per heavy atom. The molecule has 0 saturated carbocycles. The second-order valence-electron chi connectivity index (χ2n) is 8.60. The zero-order chi connectivity index (χ0) is 28.8. The number of carbonyl (C=O) groups is 4. The van der Waals surface area contributed by atoms with E-state index in [1.165, 1.54) is 16.8 Å². The van der Waals surface area contributed by atoms with Crippen LogP contribution in [-0.2, 0) is 32.3 Å². The van der Waals surface area contributed by atoms with Crippen molar-refractivity contribution in [3.05, 3.63) is 64.7 Å². The van der Waals surface area contributed by atoms with Gasteiger partial charge in [-0.1, -0.05) is 23.2 Å². The first-order chi connectivity index (χ1) is 19.7. The van der Waals surface area contributed by atoms with E-state index in [2.05, 4.69) is 9.97 Å². The Bertz CT molecular complexity index is 1870. The lowest BCUT2D eigenvalue weighted by Gasteiger charge is -2.14. The molecular weight excluding hydrogens is 581 g/mol. The fourth-order valence-corrected chi connectivity index (χ4v) is 4.59. The number of benzene rings is 1. The molecule has 2 aliphatic rings. The fraction of sp³-hybridized carbons (Fsp3) is 0.115. The minimum Gasteiger partial charge on any atom is -0.421 e. The molecule has 6 bridgehead atoms. The van der Waals surface area contributed by atoms with Crippen LogP contribution >= 0.6 is 23.2 Å². The highest BCUT2D eigenvalue weighted by Crippen LogP contribution is 2.48. The molecule has 2 aliphatic heterocycles. The first-order valence-electron chi connectivity index (χ1n) is 11.8. The van der Waals surface area contributed by atoms with E-state index in [0.717, 1.165) is 30.1 Å². The highest BCUT2D eigenvalue weighted by atomic mass is 35.5. The number of aromatic nitrogens is 5. The van der Waals surface area contributed by atoms with Gasteiger partial charge in [-0.3, -0.25) is 4.68 Å². The zero-order valence-corrected chi connectivity index (χ0v) is 22.3. The fourth-order valence-electron chi connectivity index (χ4n) is 4.24. The summed E-state index contributed by atoms with van der Waals surface area (Å²) in [5.74, 6) is -4.47. The molecule has 0 N–H and O–H groups in total. The summed E-state index contributed by atoms with van der Waals surface area (Å²) >= 11 is 12.7. The van der Waals surface area contributed by atoms with Crippen molar-refractivity contribution >= 4 is 58.0 Å². The number of aryl methyl sites for hydroxylation is 3. The monoisotopic (exact) mass is 595 g/mol. The van der Waals surface area contributed by atoms with Gasteiger partial charge in [0.2, 0.25) is 11.6 Å². The summed E-state index contributed by atoms with van der Waals surface area (Å²) in [6.45, 7) is 2.33. The van der Waals surface area contributed by atoms with Crippen LogP contribution in [0.5, 0.6) is 23.3 Å². The molecule has 0 aliphatic carbocycles. The van der Waals surface area contributed by atoms with E-state index in [1.807, 2.05) is 11.5 Å². The van der Waals surface area contributed by atoms with Crippen molar-refractivity contribution in [2.45, 2.75) is 20.0 Å². The van der Waals surface area contributed by atoms with Crippen LogP contribution in [0.25, 0.3) is 22.2 Å². The molecule has 4 aromatic rings. The highest BCUT2D eigenvalue weighted by Gasteiger charge is 2.32. The van der Waals surface area contributed by atoms with E-state index in [-0.39, 0.29) is 56.1 Å². The van der Waals surface area contributed by atoms with Gasteiger partial charge < -0.3 is 23.5 Å². The first-order valence-corrected chi connectivity index (χ1v) is 12.6. The molecule has 5 heterocycles. The molecule has 41 heavy (non-hydrogen) atoms. The standard InChI is InChI=1S/C26H15Cl2N5O8/c1-12-29-8-9-32(12)10-11-33-22-19-21(31-33)13-2-3-14(27)20(28)23(13)38-15(34)4-5-16(35)39-24(22)26-30-25(19)40-17(36)6-7-18(37)41-26/h2-9H,10-11H2,1H3/b5-4?,7-6-. The summed E-state index contributed by atoms with van der Waals surface area (Å²) in [4.78, 5) is 58.8. The lowest BCUT2D eigenvalue weighted by Crippen LogP contribution is -2.14. The summed E-state index contributed by atoms with van der Waals surface area (Å²) in [5.41, 5.74) is 0.351. The third-order valence-corrected chi connectivity index (χ3v) is 6.86. The summed E-state index contributed by atoms with van der Waals surface area (Å²) in [5, 5.41) is 4.74. The van der Waals surface area contributed by atoms with Crippen LogP contribution in [-0.4, -0.2) is 48.2 Å². The first kappa shape index (κ1) is 26.2. The van der Waals surface area contributed by atoms with Gasteiger partial charge in [0.05, 0.1) is 17.0 Å². The predicted molar refractivity (Wildman–Crippen MR) is 141 cm³/mol. The molecule has 0 unspecified atom stereocenters. The Balaban J connectivity index is 1.71. The van der Waals surface area contributed by atoms with E-state index < -0.39 is 29.8 Å². The summed E-state index contributed by atoms with van der Waals surface area (Å²) < 4.78 is 25.1. The number of pyridine rings is 1. The number of ether oxygens (including phenoxy) is 4. The van der Waals surface area contributed by atoms with Crippen molar-refractivity contribution in [3.63, 3.8) is 0 Å². The normalized spacial score (nSPS) is 15.5. The number of fused-ring (bicyclic) bond motifs is 5. The molecule has 0 saturated heterocycles. The Morgan fingerprint density at radius 2 is 1.44 bits per heavy atom. The molecule has 13 nitrogen and oxygen atoms in total. The molecule has 1 aromatic carbocycles.